The second-order valence-corrected chi connectivity index (χ2v) is 4.56. The maximum absolute atomic E-state index is 12.0. The highest BCUT2D eigenvalue weighted by molar-refractivity contribution is 14.0. The Balaban J connectivity index is 0.00000361. The molecule has 1 aliphatic carbocycles. The second kappa shape index (κ2) is 10.3. The Morgan fingerprint density at radius 3 is 2.65 bits per heavy atom. The molecule has 0 atom stereocenters. The van der Waals surface area contributed by atoms with Gasteiger partial charge in [0, 0.05) is 13.1 Å². The van der Waals surface area contributed by atoms with Gasteiger partial charge in [-0.15, -0.1) is 24.0 Å². The summed E-state index contributed by atoms with van der Waals surface area (Å²) in [6, 6.07) is 0. The molecular formula is C13H23F3IN3. The smallest absolute Gasteiger partial charge is 0.357 e. The third kappa shape index (κ3) is 9.44. The summed E-state index contributed by atoms with van der Waals surface area (Å²) in [6.45, 7) is 3.01. The van der Waals surface area contributed by atoms with E-state index >= 15 is 0 Å². The van der Waals surface area contributed by atoms with Crippen LogP contribution in [0.3, 0.4) is 0 Å². The second-order valence-electron chi connectivity index (χ2n) is 4.56. The summed E-state index contributed by atoms with van der Waals surface area (Å²) >= 11 is 0. The first-order valence-corrected chi connectivity index (χ1v) is 6.78. The van der Waals surface area contributed by atoms with Crippen molar-refractivity contribution in [3.8, 4) is 0 Å². The first-order valence-electron chi connectivity index (χ1n) is 6.78. The van der Waals surface area contributed by atoms with Gasteiger partial charge in [0.2, 0.25) is 0 Å². The molecule has 1 aliphatic rings. The Bertz CT molecular complexity index is 327. The van der Waals surface area contributed by atoms with E-state index in [2.05, 4.69) is 21.7 Å². The molecule has 0 radical (unpaired) electrons. The van der Waals surface area contributed by atoms with Gasteiger partial charge in [-0.05, 0) is 32.6 Å². The Hall–Kier alpha value is -0.470. The van der Waals surface area contributed by atoms with Gasteiger partial charge in [-0.25, -0.2) is 0 Å². The number of hydrogen-bond acceptors (Lipinski definition) is 1. The minimum absolute atomic E-state index is 0. The molecule has 0 aliphatic heterocycles. The first kappa shape index (κ1) is 19.5. The monoisotopic (exact) mass is 405 g/mol. The number of alkyl halides is 3. The summed E-state index contributed by atoms with van der Waals surface area (Å²) in [5, 5.41) is 6.01. The van der Waals surface area contributed by atoms with Crippen LogP contribution in [0.2, 0.25) is 0 Å². The number of allylic oxidation sites excluding steroid dienone is 1. The molecule has 0 aromatic carbocycles. The van der Waals surface area contributed by atoms with E-state index in [9.17, 15) is 13.2 Å². The lowest BCUT2D eigenvalue weighted by Gasteiger charge is -2.12. The van der Waals surface area contributed by atoms with E-state index in [0.29, 0.717) is 19.0 Å². The lowest BCUT2D eigenvalue weighted by molar-refractivity contribution is -0.132. The van der Waals surface area contributed by atoms with Gasteiger partial charge in [0.05, 0.1) is 13.0 Å². The van der Waals surface area contributed by atoms with E-state index in [1.54, 1.807) is 0 Å². The fourth-order valence-electron chi connectivity index (χ4n) is 1.94. The quantitative estimate of drug-likeness (QED) is 0.307. The summed E-state index contributed by atoms with van der Waals surface area (Å²) in [5.41, 5.74) is 1.43. The fraction of sp³-hybridized carbons (Fsp3) is 0.769. The highest BCUT2D eigenvalue weighted by Crippen LogP contribution is 2.20. The molecule has 3 nitrogen and oxygen atoms in total. The van der Waals surface area contributed by atoms with Crippen LogP contribution in [0.5, 0.6) is 0 Å². The number of nitrogens with zero attached hydrogens (tertiary/aromatic N) is 1. The van der Waals surface area contributed by atoms with Crippen molar-refractivity contribution in [3.63, 3.8) is 0 Å². The van der Waals surface area contributed by atoms with Crippen LogP contribution in [-0.2, 0) is 0 Å². The molecule has 118 valence electrons. The van der Waals surface area contributed by atoms with Gasteiger partial charge in [-0.3, -0.25) is 4.99 Å². The summed E-state index contributed by atoms with van der Waals surface area (Å²) in [5.74, 6) is 0.463. The molecule has 0 heterocycles. The topological polar surface area (TPSA) is 36.4 Å². The molecule has 0 fully saturated rings. The predicted octanol–water partition coefficient (Wildman–Crippen LogP) is 3.61. The van der Waals surface area contributed by atoms with Crippen LogP contribution in [0, 0.1) is 0 Å². The number of guanidine groups is 1. The maximum Gasteiger partial charge on any atom is 0.390 e. The molecule has 0 aromatic rings. The highest BCUT2D eigenvalue weighted by Gasteiger charge is 2.26. The molecule has 0 saturated carbocycles. The standard InChI is InChI=1S/C13H22F3N3.HI/c1-2-17-12(19-10-8-13(14,15)16)18-9-7-11-5-3-4-6-11;/h5H,2-4,6-10H2,1H3,(H2,17,18,19);1H. The molecule has 0 unspecified atom stereocenters. The number of aliphatic imine (C=N–C) groups is 1. The van der Waals surface area contributed by atoms with E-state index in [-0.39, 0.29) is 30.5 Å². The predicted molar refractivity (Wildman–Crippen MR) is 86.6 cm³/mol. The lowest BCUT2D eigenvalue weighted by atomic mass is 10.2. The third-order valence-electron chi connectivity index (χ3n) is 2.88. The largest absolute Gasteiger partial charge is 0.390 e. The van der Waals surface area contributed by atoms with Gasteiger partial charge in [-0.1, -0.05) is 11.6 Å². The van der Waals surface area contributed by atoms with E-state index in [1.807, 2.05) is 6.92 Å². The van der Waals surface area contributed by atoms with Crippen molar-refractivity contribution in [2.75, 3.05) is 19.6 Å². The minimum Gasteiger partial charge on any atom is -0.357 e. The molecule has 0 saturated heterocycles. The van der Waals surface area contributed by atoms with Crippen LogP contribution >= 0.6 is 24.0 Å². The van der Waals surface area contributed by atoms with Gasteiger partial charge in [0.25, 0.3) is 0 Å². The normalized spacial score (nSPS) is 15.6. The van der Waals surface area contributed by atoms with Crippen molar-refractivity contribution in [3.05, 3.63) is 11.6 Å². The van der Waals surface area contributed by atoms with Crippen molar-refractivity contribution in [2.24, 2.45) is 4.99 Å². The molecule has 0 amide bonds. The molecular weight excluding hydrogens is 382 g/mol. The van der Waals surface area contributed by atoms with Crippen LogP contribution in [0.1, 0.15) is 39.0 Å². The molecule has 0 bridgehead atoms. The molecule has 0 spiro atoms. The van der Waals surface area contributed by atoms with E-state index in [0.717, 1.165) is 19.3 Å². The van der Waals surface area contributed by atoms with Gasteiger partial charge in [0.1, 0.15) is 0 Å². The zero-order valence-corrected chi connectivity index (χ0v) is 14.1. The molecule has 0 aromatic heterocycles. The third-order valence-corrected chi connectivity index (χ3v) is 2.88. The lowest BCUT2D eigenvalue weighted by Crippen LogP contribution is -2.38. The van der Waals surface area contributed by atoms with Crippen LogP contribution in [0.15, 0.2) is 16.6 Å². The number of rotatable bonds is 6. The summed E-state index contributed by atoms with van der Waals surface area (Å²) in [4.78, 5) is 3.92. The number of nitrogens with one attached hydrogen (secondary N) is 2. The first-order chi connectivity index (χ1) is 9.01. The average molecular weight is 405 g/mol. The van der Waals surface area contributed by atoms with Crippen molar-refractivity contribution in [2.45, 2.75) is 45.2 Å². The van der Waals surface area contributed by atoms with Crippen LogP contribution in [0.4, 0.5) is 13.2 Å². The van der Waals surface area contributed by atoms with Crippen LogP contribution < -0.4 is 10.6 Å². The van der Waals surface area contributed by atoms with E-state index in [4.69, 9.17) is 0 Å². The summed E-state index contributed by atoms with van der Waals surface area (Å²) < 4.78 is 36.1. The zero-order chi connectivity index (χ0) is 14.1. The molecule has 20 heavy (non-hydrogen) atoms. The Morgan fingerprint density at radius 2 is 2.10 bits per heavy atom. The fourth-order valence-corrected chi connectivity index (χ4v) is 1.94. The summed E-state index contributed by atoms with van der Waals surface area (Å²) in [6.07, 6.45) is 1.66. The molecule has 7 heteroatoms. The van der Waals surface area contributed by atoms with Crippen LogP contribution in [0.25, 0.3) is 0 Å². The average Bonchev–Trinajstić information content (AvgIpc) is 2.80. The van der Waals surface area contributed by atoms with Gasteiger partial charge < -0.3 is 10.6 Å². The van der Waals surface area contributed by atoms with E-state index < -0.39 is 12.6 Å². The highest BCUT2D eigenvalue weighted by atomic mass is 127. The van der Waals surface area contributed by atoms with Gasteiger partial charge in [0.15, 0.2) is 5.96 Å². The molecule has 2 N–H and O–H groups in total. The number of halogens is 4. The SMILES string of the molecule is CCNC(=NCCC(F)(F)F)NCCC1=CCCC1.I. The Labute approximate surface area is 135 Å². The van der Waals surface area contributed by atoms with Crippen molar-refractivity contribution >= 4 is 29.9 Å². The minimum atomic E-state index is -4.14. The summed E-state index contributed by atoms with van der Waals surface area (Å²) in [7, 11) is 0. The maximum atomic E-state index is 12.0. The van der Waals surface area contributed by atoms with E-state index in [1.165, 1.54) is 12.0 Å². The van der Waals surface area contributed by atoms with Crippen molar-refractivity contribution in [1.82, 2.24) is 10.6 Å². The van der Waals surface area contributed by atoms with Crippen LogP contribution in [-0.4, -0.2) is 31.8 Å². The van der Waals surface area contributed by atoms with Crippen molar-refractivity contribution < 1.29 is 13.2 Å². The van der Waals surface area contributed by atoms with Gasteiger partial charge in [-0.2, -0.15) is 13.2 Å². The molecule has 1 rings (SSSR count). The number of hydrogen-bond donors (Lipinski definition) is 2. The Kier molecular flexibility index (Phi) is 10.0. The van der Waals surface area contributed by atoms with Gasteiger partial charge >= 0.3 is 6.18 Å². The Morgan fingerprint density at radius 1 is 1.35 bits per heavy atom. The zero-order valence-electron chi connectivity index (χ0n) is 11.7. The van der Waals surface area contributed by atoms with Crippen molar-refractivity contribution in [1.29, 1.82) is 0 Å².